The van der Waals surface area contributed by atoms with Crippen molar-refractivity contribution in [3.8, 4) is 62.0 Å². The van der Waals surface area contributed by atoms with E-state index in [0.29, 0.717) is 22.4 Å². The number of aromatic nitrogens is 2. The molecular weight excluding hydrogens is 832 g/mol. The van der Waals surface area contributed by atoms with E-state index in [-0.39, 0.29) is 5.56 Å². The molecule has 9 aromatic carbocycles. The van der Waals surface area contributed by atoms with Crippen LogP contribution in [0.1, 0.15) is 38.9 Å². The van der Waals surface area contributed by atoms with Gasteiger partial charge >= 0.3 is 6.18 Å². The topological polar surface area (TPSA) is 33.6 Å². The summed E-state index contributed by atoms with van der Waals surface area (Å²) in [5.41, 5.74) is 17.1. The molecule has 3 nitrogen and oxygen atoms in total. The van der Waals surface area contributed by atoms with Crippen molar-refractivity contribution < 1.29 is 13.2 Å². The SMILES string of the molecule is Cc1ccc(-c2ccc3c(c2)c2ccccc2n3-c2cc(C#N)ccc2-c2ccc(-c3c(C)cccc3C(F)(F)F)cc2-n2c3ccccc3c3cc(-c4ccc(C)cc4C)ccc32)c(C)c1. The number of hydrogen-bond acceptors (Lipinski definition) is 1. The molecule has 324 valence electrons. The first-order valence-electron chi connectivity index (χ1n) is 22.5. The minimum absolute atomic E-state index is 0.141. The number of halogens is 3. The van der Waals surface area contributed by atoms with Crippen LogP contribution in [0.3, 0.4) is 0 Å². The highest BCUT2D eigenvalue weighted by atomic mass is 19.4. The maximum atomic E-state index is 14.9. The van der Waals surface area contributed by atoms with Crippen molar-refractivity contribution in [3.05, 3.63) is 215 Å². The summed E-state index contributed by atoms with van der Waals surface area (Å²) in [6, 6.07) is 60.8. The van der Waals surface area contributed by atoms with Crippen LogP contribution in [0.2, 0.25) is 0 Å². The number of nitriles is 1. The summed E-state index contributed by atoms with van der Waals surface area (Å²) < 4.78 is 49.2. The summed E-state index contributed by atoms with van der Waals surface area (Å²) in [5.74, 6) is 0. The minimum Gasteiger partial charge on any atom is -0.309 e. The molecule has 67 heavy (non-hydrogen) atoms. The molecule has 0 spiro atoms. The van der Waals surface area contributed by atoms with E-state index < -0.39 is 11.7 Å². The number of nitrogens with zero attached hydrogens (tertiary/aromatic N) is 3. The molecule has 11 rings (SSSR count). The quantitative estimate of drug-likeness (QED) is 0.164. The molecule has 0 amide bonds. The molecule has 0 N–H and O–H groups in total. The lowest BCUT2D eigenvalue weighted by molar-refractivity contribution is -0.137. The van der Waals surface area contributed by atoms with Gasteiger partial charge in [0.15, 0.2) is 0 Å². The van der Waals surface area contributed by atoms with Crippen LogP contribution in [0.25, 0.3) is 99.5 Å². The molecule has 0 atom stereocenters. The van der Waals surface area contributed by atoms with Crippen LogP contribution in [0.15, 0.2) is 176 Å². The fourth-order valence-electron chi connectivity index (χ4n) is 10.5. The first-order chi connectivity index (χ1) is 32.4. The van der Waals surface area contributed by atoms with Crippen molar-refractivity contribution in [1.82, 2.24) is 9.13 Å². The number of para-hydroxylation sites is 2. The van der Waals surface area contributed by atoms with Gasteiger partial charge in [0.1, 0.15) is 0 Å². The molecular formula is C61H44F3N3. The Morgan fingerprint density at radius 2 is 0.881 bits per heavy atom. The lowest BCUT2D eigenvalue weighted by atomic mass is 9.91. The molecule has 2 aromatic heterocycles. The van der Waals surface area contributed by atoms with Gasteiger partial charge in [-0.15, -0.1) is 0 Å². The van der Waals surface area contributed by atoms with E-state index in [4.69, 9.17) is 0 Å². The van der Waals surface area contributed by atoms with Crippen molar-refractivity contribution in [2.75, 3.05) is 0 Å². The van der Waals surface area contributed by atoms with Gasteiger partial charge in [-0.3, -0.25) is 0 Å². The highest BCUT2D eigenvalue weighted by Crippen LogP contribution is 2.46. The zero-order chi connectivity index (χ0) is 46.3. The number of alkyl halides is 3. The Morgan fingerprint density at radius 1 is 0.403 bits per heavy atom. The van der Waals surface area contributed by atoms with Gasteiger partial charge in [-0.05, 0) is 145 Å². The highest BCUT2D eigenvalue weighted by Gasteiger charge is 2.34. The zero-order valence-electron chi connectivity index (χ0n) is 37.7. The standard InChI is InChI=1S/C61H44F3N3/c1-36-17-23-45(39(4)29-36)42-21-27-56-51(32-42)47-12-6-8-15-54(47)66(56)58-31-41(35-65)19-25-49(58)50-26-20-44(60-38(3)11-10-14-53(60)61(62,63)64)34-59(50)67-55-16-9-7-13-48(55)52-33-43(22-28-57(52)67)46-24-18-37(2)30-40(46)5/h6-34H,1-5H3. The van der Waals surface area contributed by atoms with Crippen LogP contribution in [0.5, 0.6) is 0 Å². The van der Waals surface area contributed by atoms with Gasteiger partial charge < -0.3 is 9.13 Å². The Bertz CT molecular complexity index is 3870. The van der Waals surface area contributed by atoms with Gasteiger partial charge in [-0.1, -0.05) is 126 Å². The van der Waals surface area contributed by atoms with E-state index in [2.05, 4.69) is 140 Å². The monoisotopic (exact) mass is 875 g/mol. The van der Waals surface area contributed by atoms with Gasteiger partial charge in [0.2, 0.25) is 0 Å². The smallest absolute Gasteiger partial charge is 0.309 e. The molecule has 0 radical (unpaired) electrons. The van der Waals surface area contributed by atoms with Gasteiger partial charge in [0, 0.05) is 32.7 Å². The fraction of sp³-hybridized carbons (Fsp3) is 0.0984. The van der Waals surface area contributed by atoms with Crippen LogP contribution in [0.4, 0.5) is 13.2 Å². The number of hydrogen-bond donors (Lipinski definition) is 0. The average molecular weight is 876 g/mol. The number of rotatable bonds is 6. The van der Waals surface area contributed by atoms with E-state index >= 15 is 0 Å². The summed E-state index contributed by atoms with van der Waals surface area (Å²) in [5, 5.41) is 14.6. The number of aryl methyl sites for hydroxylation is 5. The van der Waals surface area contributed by atoms with Crippen molar-refractivity contribution in [2.24, 2.45) is 0 Å². The van der Waals surface area contributed by atoms with E-state index in [1.807, 2.05) is 60.7 Å². The van der Waals surface area contributed by atoms with E-state index in [9.17, 15) is 18.4 Å². The summed E-state index contributed by atoms with van der Waals surface area (Å²) in [7, 11) is 0. The van der Waals surface area contributed by atoms with Crippen molar-refractivity contribution >= 4 is 43.6 Å². The molecule has 0 fully saturated rings. The fourth-order valence-corrected chi connectivity index (χ4v) is 10.5. The second-order valence-electron chi connectivity index (χ2n) is 17.9. The maximum Gasteiger partial charge on any atom is 0.417 e. The molecule has 0 saturated carbocycles. The van der Waals surface area contributed by atoms with Crippen LogP contribution >= 0.6 is 0 Å². The molecule has 0 aliphatic heterocycles. The lowest BCUT2D eigenvalue weighted by Crippen LogP contribution is -2.08. The first kappa shape index (κ1) is 41.6. The Balaban J connectivity index is 1.22. The highest BCUT2D eigenvalue weighted by molar-refractivity contribution is 6.13. The first-order valence-corrected chi connectivity index (χ1v) is 22.5. The van der Waals surface area contributed by atoms with E-state index in [1.54, 1.807) is 13.0 Å². The molecule has 2 heterocycles. The predicted molar refractivity (Wildman–Crippen MR) is 270 cm³/mol. The largest absolute Gasteiger partial charge is 0.417 e. The average Bonchev–Trinajstić information content (AvgIpc) is 3.83. The van der Waals surface area contributed by atoms with Crippen molar-refractivity contribution in [1.29, 1.82) is 5.26 Å². The number of fused-ring (bicyclic) bond motifs is 6. The van der Waals surface area contributed by atoms with Gasteiger partial charge in [-0.2, -0.15) is 18.4 Å². The van der Waals surface area contributed by atoms with Gasteiger partial charge in [-0.25, -0.2) is 0 Å². The molecule has 6 heteroatoms. The molecule has 0 bridgehead atoms. The minimum atomic E-state index is -4.58. The molecule has 0 unspecified atom stereocenters. The van der Waals surface area contributed by atoms with Crippen LogP contribution in [-0.2, 0) is 6.18 Å². The Morgan fingerprint density at radius 3 is 1.40 bits per heavy atom. The van der Waals surface area contributed by atoms with E-state index in [0.717, 1.165) is 88.7 Å². The predicted octanol–water partition coefficient (Wildman–Crippen LogP) is 17.0. The lowest BCUT2D eigenvalue weighted by Gasteiger charge is -2.21. The van der Waals surface area contributed by atoms with Crippen LogP contribution in [-0.4, -0.2) is 9.13 Å². The summed E-state index contributed by atoms with van der Waals surface area (Å²) >= 11 is 0. The third-order valence-corrected chi connectivity index (χ3v) is 13.5. The number of benzene rings is 9. The van der Waals surface area contributed by atoms with Crippen LogP contribution in [0, 0.1) is 45.9 Å². The molecule has 0 saturated heterocycles. The van der Waals surface area contributed by atoms with Crippen molar-refractivity contribution in [2.45, 2.75) is 40.8 Å². The second kappa shape index (κ2) is 15.8. The normalized spacial score (nSPS) is 11.9. The van der Waals surface area contributed by atoms with E-state index in [1.165, 1.54) is 28.3 Å². The Labute approximate surface area is 387 Å². The third kappa shape index (κ3) is 6.89. The van der Waals surface area contributed by atoms with Crippen molar-refractivity contribution in [3.63, 3.8) is 0 Å². The summed E-state index contributed by atoms with van der Waals surface area (Å²) in [4.78, 5) is 0. The Kier molecular flexibility index (Phi) is 9.79. The zero-order valence-corrected chi connectivity index (χ0v) is 37.7. The van der Waals surface area contributed by atoms with Gasteiger partial charge in [0.25, 0.3) is 0 Å². The maximum absolute atomic E-state index is 14.9. The summed E-state index contributed by atoms with van der Waals surface area (Å²) in [6.45, 7) is 10.2. The third-order valence-electron chi connectivity index (χ3n) is 13.5. The molecule has 0 aliphatic rings. The van der Waals surface area contributed by atoms with Gasteiger partial charge in [0.05, 0.1) is 50.6 Å². The second-order valence-corrected chi connectivity index (χ2v) is 17.9. The Hall–Kier alpha value is -8.14. The molecule has 11 aromatic rings. The summed E-state index contributed by atoms with van der Waals surface area (Å²) in [6.07, 6.45) is -4.58. The van der Waals surface area contributed by atoms with Crippen LogP contribution < -0.4 is 0 Å². The molecule has 0 aliphatic carbocycles.